The molecule has 0 fully saturated rings. The predicted molar refractivity (Wildman–Crippen MR) is 111 cm³/mol. The Morgan fingerprint density at radius 1 is 1.19 bits per heavy atom. The zero-order valence-electron chi connectivity index (χ0n) is 15.1. The topological polar surface area (TPSA) is 52.9 Å². The van der Waals surface area contributed by atoms with Gasteiger partial charge in [-0.15, -0.1) is 11.8 Å². The maximum Gasteiger partial charge on any atom is 0.158 e. The van der Waals surface area contributed by atoms with Crippen LogP contribution in [-0.4, -0.2) is 5.78 Å². The van der Waals surface area contributed by atoms with Crippen LogP contribution in [0.4, 0.5) is 0 Å². The molecular formula is C22H19ClN2OS. The number of benzene rings is 2. The minimum Gasteiger partial charge on any atom is -0.353 e. The van der Waals surface area contributed by atoms with Crippen molar-refractivity contribution in [1.29, 1.82) is 5.26 Å². The van der Waals surface area contributed by atoms with E-state index in [1.54, 1.807) is 18.7 Å². The van der Waals surface area contributed by atoms with E-state index in [1.165, 1.54) is 0 Å². The standard InChI is InChI=1S/C22H19ClN2OS/c1-14-20(15(2)26)21(17-6-4-3-5-7-17)19(12-24)22(25-14)27-13-16-8-10-18(23)11-9-16/h3-11,21,25H,13H2,1-2H3/t21-/m0/s1. The number of rotatable bonds is 5. The number of nitriles is 1. The number of allylic oxidation sites excluding steroid dienone is 3. The highest BCUT2D eigenvalue weighted by molar-refractivity contribution is 8.02. The van der Waals surface area contributed by atoms with Gasteiger partial charge in [-0.1, -0.05) is 54.1 Å². The molecule has 1 aliphatic rings. The molecule has 1 aliphatic heterocycles. The third kappa shape index (κ3) is 4.27. The van der Waals surface area contributed by atoms with Gasteiger partial charge in [-0.2, -0.15) is 5.26 Å². The molecule has 3 rings (SSSR count). The smallest absolute Gasteiger partial charge is 0.158 e. The van der Waals surface area contributed by atoms with Gasteiger partial charge in [0.2, 0.25) is 0 Å². The van der Waals surface area contributed by atoms with Crippen molar-refractivity contribution in [2.45, 2.75) is 25.5 Å². The molecule has 0 radical (unpaired) electrons. The second-order valence-electron chi connectivity index (χ2n) is 6.33. The van der Waals surface area contributed by atoms with Crippen LogP contribution < -0.4 is 5.32 Å². The molecule has 0 unspecified atom stereocenters. The minimum atomic E-state index is -0.345. The number of nitrogens with one attached hydrogen (secondary N) is 1. The number of hydrogen-bond donors (Lipinski definition) is 1. The summed E-state index contributed by atoms with van der Waals surface area (Å²) in [6, 6.07) is 19.7. The Balaban J connectivity index is 1.98. The maximum atomic E-state index is 12.3. The van der Waals surface area contributed by atoms with E-state index in [2.05, 4.69) is 11.4 Å². The Kier molecular flexibility index (Phi) is 6.05. The van der Waals surface area contributed by atoms with Crippen LogP contribution >= 0.6 is 23.4 Å². The van der Waals surface area contributed by atoms with Crippen molar-refractivity contribution in [1.82, 2.24) is 5.32 Å². The first-order chi connectivity index (χ1) is 13.0. The van der Waals surface area contributed by atoms with Crippen LogP contribution in [-0.2, 0) is 10.5 Å². The summed E-state index contributed by atoms with van der Waals surface area (Å²) < 4.78 is 0. The van der Waals surface area contributed by atoms with E-state index in [4.69, 9.17) is 11.6 Å². The molecule has 5 heteroatoms. The highest BCUT2D eigenvalue weighted by Gasteiger charge is 2.32. The van der Waals surface area contributed by atoms with Crippen LogP contribution in [0.15, 0.2) is 76.5 Å². The number of halogens is 1. The molecular weight excluding hydrogens is 376 g/mol. The molecule has 0 saturated carbocycles. The van der Waals surface area contributed by atoms with Crippen molar-refractivity contribution < 1.29 is 4.79 Å². The number of carbonyl (C=O) groups excluding carboxylic acids is 1. The molecule has 0 amide bonds. The van der Waals surface area contributed by atoms with Crippen molar-refractivity contribution in [3.63, 3.8) is 0 Å². The first-order valence-corrected chi connectivity index (χ1v) is 9.92. The molecule has 0 aromatic heterocycles. The number of nitrogens with zero attached hydrogens (tertiary/aromatic N) is 1. The van der Waals surface area contributed by atoms with E-state index in [0.717, 1.165) is 21.9 Å². The summed E-state index contributed by atoms with van der Waals surface area (Å²) in [5, 5.41) is 14.7. The van der Waals surface area contributed by atoms with E-state index < -0.39 is 0 Å². The predicted octanol–water partition coefficient (Wildman–Crippen LogP) is 5.56. The van der Waals surface area contributed by atoms with Gasteiger partial charge in [-0.25, -0.2) is 0 Å². The Morgan fingerprint density at radius 2 is 1.85 bits per heavy atom. The van der Waals surface area contributed by atoms with E-state index in [1.807, 2.05) is 61.5 Å². The highest BCUT2D eigenvalue weighted by Crippen LogP contribution is 2.41. The number of carbonyl (C=O) groups is 1. The average molecular weight is 395 g/mol. The molecule has 0 saturated heterocycles. The van der Waals surface area contributed by atoms with Crippen LogP contribution in [0.25, 0.3) is 0 Å². The maximum absolute atomic E-state index is 12.3. The summed E-state index contributed by atoms with van der Waals surface area (Å²) in [4.78, 5) is 12.3. The summed E-state index contributed by atoms with van der Waals surface area (Å²) in [6.45, 7) is 3.45. The number of Topliss-reactive ketones (excluding diaryl/α,β-unsaturated/α-hetero) is 1. The summed E-state index contributed by atoms with van der Waals surface area (Å²) in [5.74, 6) is 0.334. The third-order valence-electron chi connectivity index (χ3n) is 4.46. The van der Waals surface area contributed by atoms with Crippen LogP contribution in [0.1, 0.15) is 30.9 Å². The lowest BCUT2D eigenvalue weighted by Crippen LogP contribution is -2.27. The first kappa shape index (κ1) is 19.3. The quantitative estimate of drug-likeness (QED) is 0.721. The van der Waals surface area contributed by atoms with Gasteiger partial charge < -0.3 is 5.32 Å². The Hall–Kier alpha value is -2.48. The van der Waals surface area contributed by atoms with Gasteiger partial charge in [-0.3, -0.25) is 4.79 Å². The third-order valence-corrected chi connectivity index (χ3v) is 5.80. The lowest BCUT2D eigenvalue weighted by atomic mass is 9.81. The zero-order valence-corrected chi connectivity index (χ0v) is 16.7. The fraction of sp³-hybridized carbons (Fsp3) is 0.182. The van der Waals surface area contributed by atoms with Gasteiger partial charge in [0.25, 0.3) is 0 Å². The molecule has 1 heterocycles. The van der Waals surface area contributed by atoms with Gasteiger partial charge in [-0.05, 0) is 37.1 Å². The number of ketones is 1. The largest absolute Gasteiger partial charge is 0.353 e. The van der Waals surface area contributed by atoms with Crippen LogP contribution in [0, 0.1) is 11.3 Å². The van der Waals surface area contributed by atoms with E-state index in [9.17, 15) is 10.1 Å². The average Bonchev–Trinajstić information content (AvgIpc) is 2.67. The Bertz CT molecular complexity index is 956. The molecule has 27 heavy (non-hydrogen) atoms. The highest BCUT2D eigenvalue weighted by atomic mass is 35.5. The second kappa shape index (κ2) is 8.47. The van der Waals surface area contributed by atoms with Gasteiger partial charge >= 0.3 is 0 Å². The van der Waals surface area contributed by atoms with Gasteiger partial charge in [0.05, 0.1) is 22.6 Å². The van der Waals surface area contributed by atoms with Crippen molar-refractivity contribution in [3.8, 4) is 6.07 Å². The molecule has 1 atom stereocenters. The lowest BCUT2D eigenvalue weighted by Gasteiger charge is -2.29. The molecule has 3 nitrogen and oxygen atoms in total. The second-order valence-corrected chi connectivity index (χ2v) is 7.76. The van der Waals surface area contributed by atoms with Crippen molar-refractivity contribution in [3.05, 3.63) is 92.6 Å². The van der Waals surface area contributed by atoms with E-state index in [-0.39, 0.29) is 11.7 Å². The Morgan fingerprint density at radius 3 is 2.44 bits per heavy atom. The van der Waals surface area contributed by atoms with E-state index in [0.29, 0.717) is 21.9 Å². The SMILES string of the molecule is CC(=O)C1=C(C)NC(SCc2ccc(Cl)cc2)=C(C#N)[C@@H]1c1ccccc1. The molecule has 0 aliphatic carbocycles. The monoisotopic (exact) mass is 394 g/mol. The number of hydrogen-bond acceptors (Lipinski definition) is 4. The molecule has 2 aromatic carbocycles. The van der Waals surface area contributed by atoms with Crippen LogP contribution in [0.3, 0.4) is 0 Å². The molecule has 2 aromatic rings. The van der Waals surface area contributed by atoms with Crippen LogP contribution in [0.2, 0.25) is 5.02 Å². The lowest BCUT2D eigenvalue weighted by molar-refractivity contribution is -0.113. The zero-order chi connectivity index (χ0) is 19.4. The van der Waals surface area contributed by atoms with Gasteiger partial charge in [0.15, 0.2) is 5.78 Å². The molecule has 0 bridgehead atoms. The summed E-state index contributed by atoms with van der Waals surface area (Å²) >= 11 is 7.51. The first-order valence-electron chi connectivity index (χ1n) is 8.56. The number of thioether (sulfide) groups is 1. The number of dihydropyridines is 1. The summed E-state index contributed by atoms with van der Waals surface area (Å²) in [7, 11) is 0. The van der Waals surface area contributed by atoms with Crippen molar-refractivity contribution in [2.24, 2.45) is 0 Å². The molecule has 0 spiro atoms. The molecule has 136 valence electrons. The minimum absolute atomic E-state index is 0.0247. The van der Waals surface area contributed by atoms with Crippen LogP contribution in [0.5, 0.6) is 0 Å². The van der Waals surface area contributed by atoms with Gasteiger partial charge in [0, 0.05) is 22.0 Å². The van der Waals surface area contributed by atoms with Crippen molar-refractivity contribution in [2.75, 3.05) is 0 Å². The summed E-state index contributed by atoms with van der Waals surface area (Å²) in [6.07, 6.45) is 0. The molecule has 1 N–H and O–H groups in total. The van der Waals surface area contributed by atoms with E-state index >= 15 is 0 Å². The summed E-state index contributed by atoms with van der Waals surface area (Å²) in [5.41, 5.74) is 4.09. The fourth-order valence-electron chi connectivity index (χ4n) is 3.21. The fourth-order valence-corrected chi connectivity index (χ4v) is 4.38. The van der Waals surface area contributed by atoms with Crippen molar-refractivity contribution >= 4 is 29.1 Å². The van der Waals surface area contributed by atoms with Gasteiger partial charge in [0.1, 0.15) is 0 Å². The normalized spacial score (nSPS) is 16.7. The Labute approximate surface area is 168 Å².